The summed E-state index contributed by atoms with van der Waals surface area (Å²) < 4.78 is 0. The molecule has 1 heteroatoms. The molecule has 1 aromatic carbocycles. The van der Waals surface area contributed by atoms with Gasteiger partial charge in [0.25, 0.3) is 0 Å². The predicted molar refractivity (Wildman–Crippen MR) is 81.6 cm³/mol. The first-order valence-corrected chi connectivity index (χ1v) is 7.59. The third-order valence-electron chi connectivity index (χ3n) is 2.67. The van der Waals surface area contributed by atoms with Crippen LogP contribution in [0, 0.1) is 6.92 Å². The number of benzene rings is 1. The van der Waals surface area contributed by atoms with E-state index in [-0.39, 0.29) is 0 Å². The molecule has 0 N–H and O–H groups in total. The van der Waals surface area contributed by atoms with Gasteiger partial charge in [-0.05, 0) is 36.3 Å². The lowest BCUT2D eigenvalue weighted by Crippen LogP contribution is -1.84. The van der Waals surface area contributed by atoms with E-state index in [1.54, 1.807) is 0 Å². The minimum atomic E-state index is 1.10. The minimum Gasteiger partial charge on any atom is -0.161 e. The summed E-state index contributed by atoms with van der Waals surface area (Å²) in [6.07, 6.45) is 11.4. The van der Waals surface area contributed by atoms with Gasteiger partial charge in [-0.25, -0.2) is 0 Å². The number of allylic oxidation sites excluding steroid dienone is 2. The smallest absolute Gasteiger partial charge is 0.0178 e. The average molecular weight is 246 g/mol. The number of unbranched alkanes of at least 4 members (excludes halogenated alkanes) is 1. The second-order valence-corrected chi connectivity index (χ2v) is 5.06. The molecule has 0 aliphatic heterocycles. The maximum absolute atomic E-state index is 2.35. The molecule has 0 saturated heterocycles. The highest BCUT2D eigenvalue weighted by molar-refractivity contribution is 7.98. The van der Waals surface area contributed by atoms with Gasteiger partial charge in [-0.1, -0.05) is 55.8 Å². The lowest BCUT2D eigenvalue weighted by molar-refractivity contribution is 0.953. The van der Waals surface area contributed by atoms with E-state index in [0.29, 0.717) is 0 Å². The molecule has 1 aromatic rings. The summed E-state index contributed by atoms with van der Waals surface area (Å²) in [4.78, 5) is 0. The molecule has 1 rings (SSSR count). The van der Waals surface area contributed by atoms with Gasteiger partial charge in [-0.15, -0.1) is 0 Å². The standard InChI is InChI=1S/C16H22S/c1-4-5-9-15(13-17-3)11-12-16-10-7-6-8-14(16)2/h6-12H,4-5,13H2,1-3H3. The van der Waals surface area contributed by atoms with Gasteiger partial charge >= 0.3 is 0 Å². The Kier molecular flexibility index (Phi) is 6.80. The molecule has 0 spiro atoms. The van der Waals surface area contributed by atoms with Gasteiger partial charge in [-0.2, -0.15) is 11.8 Å². The third kappa shape index (κ3) is 5.27. The highest BCUT2D eigenvalue weighted by Gasteiger charge is 1.94. The predicted octanol–water partition coefficient (Wildman–Crippen LogP) is 5.10. The Bertz CT molecular complexity index is 388. The fourth-order valence-corrected chi connectivity index (χ4v) is 2.19. The topological polar surface area (TPSA) is 0 Å². The summed E-state index contributed by atoms with van der Waals surface area (Å²) in [6.45, 7) is 4.38. The van der Waals surface area contributed by atoms with Crippen molar-refractivity contribution in [2.45, 2.75) is 26.7 Å². The van der Waals surface area contributed by atoms with Crippen LogP contribution in [0.15, 0.2) is 42.0 Å². The van der Waals surface area contributed by atoms with Crippen molar-refractivity contribution in [1.29, 1.82) is 0 Å². The molecule has 0 aromatic heterocycles. The fraction of sp³-hybridized carbons (Fsp3) is 0.375. The van der Waals surface area contributed by atoms with E-state index < -0.39 is 0 Å². The molecule has 0 atom stereocenters. The van der Waals surface area contributed by atoms with E-state index in [9.17, 15) is 0 Å². The largest absolute Gasteiger partial charge is 0.161 e. The average Bonchev–Trinajstić information content (AvgIpc) is 2.34. The number of hydrogen-bond acceptors (Lipinski definition) is 1. The highest BCUT2D eigenvalue weighted by atomic mass is 32.2. The molecular formula is C16H22S. The van der Waals surface area contributed by atoms with Crippen molar-refractivity contribution >= 4 is 17.8 Å². The third-order valence-corrected chi connectivity index (χ3v) is 3.29. The van der Waals surface area contributed by atoms with E-state index in [1.807, 2.05) is 11.8 Å². The van der Waals surface area contributed by atoms with Crippen LogP contribution < -0.4 is 0 Å². The lowest BCUT2D eigenvalue weighted by atomic mass is 10.1. The zero-order chi connectivity index (χ0) is 12.5. The Labute approximate surface area is 110 Å². The van der Waals surface area contributed by atoms with Crippen molar-refractivity contribution in [3.63, 3.8) is 0 Å². The molecule has 0 heterocycles. The first-order chi connectivity index (χ1) is 8.27. The second-order valence-electron chi connectivity index (χ2n) is 4.19. The molecule has 0 amide bonds. The van der Waals surface area contributed by atoms with Gasteiger partial charge in [0.15, 0.2) is 0 Å². The van der Waals surface area contributed by atoms with Crippen LogP contribution in [0.1, 0.15) is 30.9 Å². The van der Waals surface area contributed by atoms with E-state index in [4.69, 9.17) is 0 Å². The van der Waals surface area contributed by atoms with Crippen LogP contribution in [-0.4, -0.2) is 12.0 Å². The van der Waals surface area contributed by atoms with E-state index >= 15 is 0 Å². The first kappa shape index (κ1) is 14.1. The summed E-state index contributed by atoms with van der Waals surface area (Å²) in [5.41, 5.74) is 4.08. The number of aryl methyl sites for hydroxylation is 1. The molecule has 0 fully saturated rings. The van der Waals surface area contributed by atoms with Crippen molar-refractivity contribution in [3.05, 3.63) is 53.1 Å². The maximum atomic E-state index is 2.35. The van der Waals surface area contributed by atoms with Gasteiger partial charge in [-0.3, -0.25) is 0 Å². The van der Waals surface area contributed by atoms with E-state index in [0.717, 1.165) is 5.75 Å². The quantitative estimate of drug-likeness (QED) is 0.629. The number of thioether (sulfide) groups is 1. The molecule has 0 unspecified atom stereocenters. The van der Waals surface area contributed by atoms with Crippen LogP contribution in [-0.2, 0) is 0 Å². The number of rotatable bonds is 6. The van der Waals surface area contributed by atoms with Crippen LogP contribution in [0.25, 0.3) is 6.08 Å². The first-order valence-electron chi connectivity index (χ1n) is 6.19. The van der Waals surface area contributed by atoms with Gasteiger partial charge in [0.2, 0.25) is 0 Å². The van der Waals surface area contributed by atoms with Crippen LogP contribution >= 0.6 is 11.8 Å². The van der Waals surface area contributed by atoms with Gasteiger partial charge in [0.05, 0.1) is 0 Å². The molecule has 0 saturated carbocycles. The maximum Gasteiger partial charge on any atom is 0.0178 e. The Balaban J connectivity index is 2.76. The second kappa shape index (κ2) is 8.19. The molecule has 0 aliphatic rings. The summed E-state index contributed by atoms with van der Waals surface area (Å²) in [7, 11) is 0. The van der Waals surface area contributed by atoms with E-state index in [1.165, 1.54) is 29.5 Å². The number of hydrogen-bond donors (Lipinski definition) is 0. The molecular weight excluding hydrogens is 224 g/mol. The SMILES string of the molecule is CCCC=C(C=Cc1ccccc1C)CSC. The Morgan fingerprint density at radius 2 is 2.06 bits per heavy atom. The van der Waals surface area contributed by atoms with Crippen LogP contribution in [0.4, 0.5) is 0 Å². The molecule has 0 bridgehead atoms. The molecule has 0 aliphatic carbocycles. The van der Waals surface area contributed by atoms with Crippen molar-refractivity contribution in [2.75, 3.05) is 12.0 Å². The molecule has 0 nitrogen and oxygen atoms in total. The van der Waals surface area contributed by atoms with Crippen molar-refractivity contribution in [3.8, 4) is 0 Å². The zero-order valence-electron chi connectivity index (χ0n) is 11.1. The summed E-state index contributed by atoms with van der Waals surface area (Å²) in [5, 5.41) is 0. The summed E-state index contributed by atoms with van der Waals surface area (Å²) in [5.74, 6) is 1.10. The molecule has 0 radical (unpaired) electrons. The van der Waals surface area contributed by atoms with Crippen LogP contribution in [0.2, 0.25) is 0 Å². The monoisotopic (exact) mass is 246 g/mol. The van der Waals surface area contributed by atoms with Crippen LogP contribution in [0.5, 0.6) is 0 Å². The minimum absolute atomic E-state index is 1.10. The Morgan fingerprint density at radius 3 is 2.71 bits per heavy atom. The zero-order valence-corrected chi connectivity index (χ0v) is 11.9. The van der Waals surface area contributed by atoms with Crippen molar-refractivity contribution in [1.82, 2.24) is 0 Å². The van der Waals surface area contributed by atoms with E-state index in [2.05, 4.69) is 62.6 Å². The molecule has 17 heavy (non-hydrogen) atoms. The van der Waals surface area contributed by atoms with Gasteiger partial charge in [0.1, 0.15) is 0 Å². The Hall–Kier alpha value is -0.950. The lowest BCUT2D eigenvalue weighted by Gasteiger charge is -2.01. The molecule has 92 valence electrons. The van der Waals surface area contributed by atoms with Crippen LogP contribution in [0.3, 0.4) is 0 Å². The summed E-state index contributed by atoms with van der Waals surface area (Å²) in [6, 6.07) is 8.51. The fourth-order valence-electron chi connectivity index (χ4n) is 1.64. The highest BCUT2D eigenvalue weighted by Crippen LogP contribution is 2.13. The normalized spacial score (nSPS) is 12.3. The van der Waals surface area contributed by atoms with Gasteiger partial charge < -0.3 is 0 Å². The Morgan fingerprint density at radius 1 is 1.29 bits per heavy atom. The van der Waals surface area contributed by atoms with Crippen molar-refractivity contribution < 1.29 is 0 Å². The van der Waals surface area contributed by atoms with Gasteiger partial charge in [0, 0.05) is 5.75 Å². The van der Waals surface area contributed by atoms with Crippen molar-refractivity contribution in [2.24, 2.45) is 0 Å². The summed E-state index contributed by atoms with van der Waals surface area (Å²) >= 11 is 1.88.